The van der Waals surface area contributed by atoms with Crippen molar-refractivity contribution in [2.75, 3.05) is 0 Å². The van der Waals surface area contributed by atoms with E-state index in [-0.39, 0.29) is 0 Å². The maximum absolute atomic E-state index is 9.46. The van der Waals surface area contributed by atoms with Gasteiger partial charge in [-0.2, -0.15) is 0 Å². The van der Waals surface area contributed by atoms with Crippen molar-refractivity contribution in [1.29, 1.82) is 0 Å². The smallest absolute Gasteiger partial charge is 0.115 e. The molecular formula is C18H30O. The van der Waals surface area contributed by atoms with Crippen LogP contribution >= 0.6 is 0 Å². The maximum atomic E-state index is 9.46. The fourth-order valence-electron chi connectivity index (χ4n) is 2.72. The molecule has 2 atom stereocenters. The monoisotopic (exact) mass is 262 g/mol. The Morgan fingerprint density at radius 3 is 2.00 bits per heavy atom. The van der Waals surface area contributed by atoms with Gasteiger partial charge in [0, 0.05) is 0 Å². The van der Waals surface area contributed by atoms with Crippen molar-refractivity contribution in [1.82, 2.24) is 0 Å². The van der Waals surface area contributed by atoms with Crippen molar-refractivity contribution < 1.29 is 5.11 Å². The van der Waals surface area contributed by atoms with Crippen molar-refractivity contribution in [3.63, 3.8) is 0 Å². The SMILES string of the molecule is CCC(C)C(CC(C)(CC)CC)c1ccc(O)cc1. The number of phenols is 1. The van der Waals surface area contributed by atoms with Crippen LogP contribution in [0.25, 0.3) is 0 Å². The molecule has 1 aromatic carbocycles. The highest BCUT2D eigenvalue weighted by atomic mass is 16.3. The Kier molecular flexibility index (Phi) is 5.90. The van der Waals surface area contributed by atoms with Gasteiger partial charge in [0.25, 0.3) is 0 Å². The molecule has 0 saturated heterocycles. The number of hydrogen-bond acceptors (Lipinski definition) is 1. The molecule has 0 saturated carbocycles. The number of aromatic hydroxyl groups is 1. The van der Waals surface area contributed by atoms with E-state index in [0.717, 1.165) is 0 Å². The summed E-state index contributed by atoms with van der Waals surface area (Å²) in [5, 5.41) is 9.46. The van der Waals surface area contributed by atoms with Crippen LogP contribution in [0.15, 0.2) is 24.3 Å². The molecule has 0 bridgehead atoms. The summed E-state index contributed by atoms with van der Waals surface area (Å²) < 4.78 is 0. The molecule has 0 aliphatic carbocycles. The zero-order valence-corrected chi connectivity index (χ0v) is 13.2. The summed E-state index contributed by atoms with van der Waals surface area (Å²) in [6.45, 7) is 11.6. The topological polar surface area (TPSA) is 20.2 Å². The quantitative estimate of drug-likeness (QED) is 0.664. The van der Waals surface area contributed by atoms with Crippen LogP contribution < -0.4 is 0 Å². The van der Waals surface area contributed by atoms with Crippen molar-refractivity contribution >= 4 is 0 Å². The average Bonchev–Trinajstić information content (AvgIpc) is 2.45. The number of phenolic OH excluding ortho intramolecular Hbond substituents is 1. The molecule has 19 heavy (non-hydrogen) atoms. The van der Waals surface area contributed by atoms with Crippen LogP contribution in [0.5, 0.6) is 5.75 Å². The van der Waals surface area contributed by atoms with Crippen LogP contribution in [0.2, 0.25) is 0 Å². The van der Waals surface area contributed by atoms with Gasteiger partial charge >= 0.3 is 0 Å². The van der Waals surface area contributed by atoms with Gasteiger partial charge in [-0.15, -0.1) is 0 Å². The molecule has 0 fully saturated rings. The maximum Gasteiger partial charge on any atom is 0.115 e. The van der Waals surface area contributed by atoms with Crippen molar-refractivity contribution in [3.05, 3.63) is 29.8 Å². The molecule has 108 valence electrons. The summed E-state index contributed by atoms with van der Waals surface area (Å²) >= 11 is 0. The first-order valence-corrected chi connectivity index (χ1v) is 7.74. The third-order valence-corrected chi connectivity index (χ3v) is 5.07. The number of benzene rings is 1. The van der Waals surface area contributed by atoms with E-state index >= 15 is 0 Å². The summed E-state index contributed by atoms with van der Waals surface area (Å²) in [7, 11) is 0. The van der Waals surface area contributed by atoms with E-state index in [2.05, 4.69) is 46.8 Å². The first-order valence-electron chi connectivity index (χ1n) is 7.74. The molecule has 0 aliphatic heterocycles. The van der Waals surface area contributed by atoms with E-state index < -0.39 is 0 Å². The summed E-state index contributed by atoms with van der Waals surface area (Å²) in [6.07, 6.45) is 4.90. The van der Waals surface area contributed by atoms with E-state index in [4.69, 9.17) is 0 Å². The summed E-state index contributed by atoms with van der Waals surface area (Å²) in [4.78, 5) is 0. The molecule has 0 aliphatic rings. The molecule has 0 aromatic heterocycles. The largest absolute Gasteiger partial charge is 0.508 e. The van der Waals surface area contributed by atoms with Gasteiger partial charge in [0.05, 0.1) is 0 Å². The standard InChI is InChI=1S/C18H30O/c1-6-14(4)17(13-18(5,7-2)8-3)15-9-11-16(19)12-10-15/h9-12,14,17,19H,6-8,13H2,1-5H3. The van der Waals surface area contributed by atoms with Crippen LogP contribution in [-0.2, 0) is 0 Å². The Labute approximate surface area is 119 Å². The molecule has 1 aromatic rings. The molecule has 1 N–H and O–H groups in total. The number of rotatable bonds is 7. The van der Waals surface area contributed by atoms with Gasteiger partial charge in [-0.05, 0) is 41.4 Å². The highest BCUT2D eigenvalue weighted by molar-refractivity contribution is 5.29. The first-order chi connectivity index (χ1) is 8.95. The zero-order valence-electron chi connectivity index (χ0n) is 13.2. The van der Waals surface area contributed by atoms with Gasteiger partial charge in [-0.25, -0.2) is 0 Å². The highest BCUT2D eigenvalue weighted by Crippen LogP contribution is 2.41. The van der Waals surface area contributed by atoms with Crippen molar-refractivity contribution in [3.8, 4) is 5.75 Å². The average molecular weight is 262 g/mol. The Hall–Kier alpha value is -0.980. The van der Waals surface area contributed by atoms with E-state index in [1.165, 1.54) is 31.2 Å². The normalized spacial score (nSPS) is 15.2. The Balaban J connectivity index is 2.98. The molecule has 0 heterocycles. The molecular weight excluding hydrogens is 232 g/mol. The van der Waals surface area contributed by atoms with E-state index in [1.54, 1.807) is 0 Å². The lowest BCUT2D eigenvalue weighted by atomic mass is 9.71. The van der Waals surface area contributed by atoms with Crippen LogP contribution in [0.4, 0.5) is 0 Å². The lowest BCUT2D eigenvalue weighted by Crippen LogP contribution is -2.21. The third kappa shape index (κ3) is 4.26. The van der Waals surface area contributed by atoms with Gasteiger partial charge in [0.2, 0.25) is 0 Å². The van der Waals surface area contributed by atoms with Crippen LogP contribution in [0, 0.1) is 11.3 Å². The first kappa shape index (κ1) is 16.1. The van der Waals surface area contributed by atoms with E-state index in [9.17, 15) is 5.11 Å². The fourth-order valence-corrected chi connectivity index (χ4v) is 2.72. The molecule has 0 radical (unpaired) electrons. The lowest BCUT2D eigenvalue weighted by Gasteiger charge is -2.34. The van der Waals surface area contributed by atoms with Gasteiger partial charge in [0.1, 0.15) is 5.75 Å². The van der Waals surface area contributed by atoms with Crippen LogP contribution in [0.1, 0.15) is 71.8 Å². The zero-order chi connectivity index (χ0) is 14.5. The fraction of sp³-hybridized carbons (Fsp3) is 0.667. The van der Waals surface area contributed by atoms with E-state index in [0.29, 0.717) is 23.0 Å². The predicted molar refractivity (Wildman–Crippen MR) is 83.6 cm³/mol. The minimum atomic E-state index is 0.361. The molecule has 1 nitrogen and oxygen atoms in total. The van der Waals surface area contributed by atoms with Gasteiger partial charge in [-0.3, -0.25) is 0 Å². The van der Waals surface area contributed by atoms with Gasteiger partial charge in [-0.1, -0.05) is 66.0 Å². The molecule has 1 rings (SSSR count). The molecule has 2 unspecified atom stereocenters. The number of hydrogen-bond donors (Lipinski definition) is 1. The molecule has 0 amide bonds. The second kappa shape index (κ2) is 6.98. The van der Waals surface area contributed by atoms with Crippen molar-refractivity contribution in [2.45, 2.75) is 66.2 Å². The predicted octanol–water partition coefficient (Wildman–Crippen LogP) is 5.74. The Morgan fingerprint density at radius 1 is 1.05 bits per heavy atom. The van der Waals surface area contributed by atoms with Gasteiger partial charge in [0.15, 0.2) is 0 Å². The molecule has 1 heteroatoms. The van der Waals surface area contributed by atoms with Gasteiger partial charge < -0.3 is 5.11 Å². The second-order valence-electron chi connectivity index (χ2n) is 6.31. The minimum absolute atomic E-state index is 0.361. The highest BCUT2D eigenvalue weighted by Gasteiger charge is 2.28. The van der Waals surface area contributed by atoms with Crippen LogP contribution in [-0.4, -0.2) is 5.11 Å². The van der Waals surface area contributed by atoms with E-state index in [1.807, 2.05) is 12.1 Å². The minimum Gasteiger partial charge on any atom is -0.508 e. The Bertz CT molecular complexity index is 362. The van der Waals surface area contributed by atoms with Crippen LogP contribution in [0.3, 0.4) is 0 Å². The second-order valence-corrected chi connectivity index (χ2v) is 6.31. The summed E-state index contributed by atoms with van der Waals surface area (Å²) in [5.74, 6) is 1.64. The summed E-state index contributed by atoms with van der Waals surface area (Å²) in [5.41, 5.74) is 1.80. The Morgan fingerprint density at radius 2 is 1.58 bits per heavy atom. The third-order valence-electron chi connectivity index (χ3n) is 5.07. The van der Waals surface area contributed by atoms with Crippen molar-refractivity contribution in [2.24, 2.45) is 11.3 Å². The lowest BCUT2D eigenvalue weighted by molar-refractivity contribution is 0.221. The summed E-state index contributed by atoms with van der Waals surface area (Å²) in [6, 6.07) is 7.83. The molecule has 0 spiro atoms.